The van der Waals surface area contributed by atoms with E-state index in [0.717, 1.165) is 4.88 Å². The van der Waals surface area contributed by atoms with Gasteiger partial charge in [-0.3, -0.25) is 14.3 Å². The average molecular weight is 531 g/mol. The fourth-order valence-electron chi connectivity index (χ4n) is 4.12. The maximum Gasteiger partial charge on any atom is 0.246 e. The third-order valence-corrected chi connectivity index (χ3v) is 8.65. The van der Waals surface area contributed by atoms with E-state index in [0.29, 0.717) is 42.9 Å². The van der Waals surface area contributed by atoms with Crippen molar-refractivity contribution in [2.24, 2.45) is 7.05 Å². The summed E-state index contributed by atoms with van der Waals surface area (Å²) in [7, 11) is -1.98. The SMILES string of the molecule is Cn1ncnc1C[C@@H](C(=O)N1CCOCC1)N1CC[C@H](NS(=O)(=O)CCc2ccc(Cl)s2)C1=O. The van der Waals surface area contributed by atoms with Crippen LogP contribution in [-0.4, -0.2) is 95.5 Å². The number of nitrogens with zero attached hydrogens (tertiary/aromatic N) is 5. The van der Waals surface area contributed by atoms with Gasteiger partial charge in [-0.25, -0.2) is 18.1 Å². The third kappa shape index (κ3) is 5.95. The molecule has 0 aliphatic carbocycles. The lowest BCUT2D eigenvalue weighted by Crippen LogP contribution is -2.54. The molecule has 2 saturated heterocycles. The predicted octanol–water partition coefficient (Wildman–Crippen LogP) is 0.0629. The van der Waals surface area contributed by atoms with Crippen molar-refractivity contribution in [3.05, 3.63) is 33.5 Å². The van der Waals surface area contributed by atoms with E-state index in [1.807, 2.05) is 0 Å². The number of thiophene rings is 1. The standard InChI is InChI=1S/C20H27ClN6O5S2/c1-25-18(22-13-23-25)12-16(20(29)26-7-9-32-10-8-26)27-6-4-15(19(27)28)24-34(30,31)11-5-14-2-3-17(21)33-14/h2-3,13,15-16,24H,4-12H2,1H3/t15-,16-/m0/s1. The molecule has 0 unspecified atom stereocenters. The van der Waals surface area contributed by atoms with E-state index in [1.165, 1.54) is 22.6 Å². The number of likely N-dealkylation sites (tertiary alicyclic amines) is 1. The number of carbonyl (C=O) groups is 2. The molecule has 2 aromatic heterocycles. The summed E-state index contributed by atoms with van der Waals surface area (Å²) in [5.41, 5.74) is 0. The number of hydrogen-bond acceptors (Lipinski definition) is 8. The molecule has 1 N–H and O–H groups in total. The van der Waals surface area contributed by atoms with Crippen LogP contribution in [0.5, 0.6) is 0 Å². The summed E-state index contributed by atoms with van der Waals surface area (Å²) in [4.78, 5) is 34.9. The molecule has 2 aliphatic rings. The van der Waals surface area contributed by atoms with E-state index >= 15 is 0 Å². The van der Waals surface area contributed by atoms with Gasteiger partial charge in [-0.15, -0.1) is 11.3 Å². The van der Waals surface area contributed by atoms with Gasteiger partial charge in [0, 0.05) is 38.0 Å². The molecule has 0 spiro atoms. The molecule has 186 valence electrons. The molecular formula is C20H27ClN6O5S2. The molecule has 2 amide bonds. The van der Waals surface area contributed by atoms with Crippen LogP contribution >= 0.6 is 22.9 Å². The van der Waals surface area contributed by atoms with E-state index < -0.39 is 28.0 Å². The smallest absolute Gasteiger partial charge is 0.246 e. The van der Waals surface area contributed by atoms with Crippen LogP contribution in [0.3, 0.4) is 0 Å². The van der Waals surface area contributed by atoms with E-state index in [1.54, 1.807) is 28.8 Å². The first kappa shape index (κ1) is 25.0. The summed E-state index contributed by atoms with van der Waals surface area (Å²) in [6, 6.07) is 1.81. The molecule has 0 saturated carbocycles. The number of aryl methyl sites for hydroxylation is 2. The Kier molecular flexibility index (Phi) is 7.87. The fourth-order valence-corrected chi connectivity index (χ4v) is 6.60. The van der Waals surface area contributed by atoms with Crippen molar-refractivity contribution in [1.29, 1.82) is 0 Å². The van der Waals surface area contributed by atoms with Crippen LogP contribution in [0.25, 0.3) is 0 Å². The van der Waals surface area contributed by atoms with Crippen LogP contribution in [0.2, 0.25) is 4.34 Å². The number of morpholine rings is 1. The molecule has 0 aromatic carbocycles. The second-order valence-electron chi connectivity index (χ2n) is 8.22. The Balaban J connectivity index is 1.45. The van der Waals surface area contributed by atoms with Gasteiger partial charge in [0.2, 0.25) is 21.8 Å². The van der Waals surface area contributed by atoms with Gasteiger partial charge in [0.15, 0.2) is 0 Å². The molecule has 4 rings (SSSR count). The average Bonchev–Trinajstić information content (AvgIpc) is 3.52. The van der Waals surface area contributed by atoms with Gasteiger partial charge in [0.25, 0.3) is 0 Å². The first-order valence-corrected chi connectivity index (χ1v) is 13.8. The maximum atomic E-state index is 13.4. The highest BCUT2D eigenvalue weighted by Gasteiger charge is 2.42. The van der Waals surface area contributed by atoms with Crippen LogP contribution in [0.15, 0.2) is 18.5 Å². The summed E-state index contributed by atoms with van der Waals surface area (Å²) in [5.74, 6) is -0.185. The van der Waals surface area contributed by atoms with E-state index in [9.17, 15) is 18.0 Å². The van der Waals surface area contributed by atoms with Crippen molar-refractivity contribution < 1.29 is 22.7 Å². The summed E-state index contributed by atoms with van der Waals surface area (Å²) in [6.07, 6.45) is 2.18. The van der Waals surface area contributed by atoms with Gasteiger partial charge < -0.3 is 14.5 Å². The zero-order chi connectivity index (χ0) is 24.3. The second kappa shape index (κ2) is 10.7. The Hall–Kier alpha value is -2.06. The van der Waals surface area contributed by atoms with Crippen LogP contribution in [-0.2, 0) is 44.2 Å². The number of hydrogen-bond donors (Lipinski definition) is 1. The summed E-state index contributed by atoms with van der Waals surface area (Å²) in [6.45, 7) is 2.03. The van der Waals surface area contributed by atoms with Crippen LogP contribution in [0.4, 0.5) is 0 Å². The molecule has 14 heteroatoms. The van der Waals surface area contributed by atoms with Crippen LogP contribution in [0, 0.1) is 0 Å². The maximum absolute atomic E-state index is 13.4. The number of rotatable bonds is 9. The molecular weight excluding hydrogens is 504 g/mol. The van der Waals surface area contributed by atoms with Gasteiger partial charge in [-0.05, 0) is 25.0 Å². The normalized spacial score (nSPS) is 20.2. The molecule has 34 heavy (non-hydrogen) atoms. The Morgan fingerprint density at radius 3 is 2.74 bits per heavy atom. The molecule has 2 aromatic rings. The minimum absolute atomic E-state index is 0.150. The molecule has 11 nitrogen and oxygen atoms in total. The van der Waals surface area contributed by atoms with Gasteiger partial charge in [-0.2, -0.15) is 5.10 Å². The number of aromatic nitrogens is 3. The molecule has 4 heterocycles. The number of halogens is 1. The second-order valence-corrected chi connectivity index (χ2v) is 11.9. The number of ether oxygens (including phenoxy) is 1. The van der Waals surface area contributed by atoms with E-state index in [4.69, 9.17) is 16.3 Å². The van der Waals surface area contributed by atoms with Gasteiger partial charge in [0.05, 0.1) is 23.3 Å². The van der Waals surface area contributed by atoms with Crippen LogP contribution < -0.4 is 4.72 Å². The molecule has 2 aliphatic heterocycles. The number of amides is 2. The van der Waals surface area contributed by atoms with Gasteiger partial charge in [0.1, 0.15) is 24.2 Å². The first-order chi connectivity index (χ1) is 16.2. The highest BCUT2D eigenvalue weighted by Crippen LogP contribution is 2.23. The Morgan fingerprint density at radius 1 is 1.32 bits per heavy atom. The lowest BCUT2D eigenvalue weighted by molar-refractivity contribution is -0.146. The molecule has 2 fully saturated rings. The summed E-state index contributed by atoms with van der Waals surface area (Å²) >= 11 is 7.24. The third-order valence-electron chi connectivity index (χ3n) is 5.97. The Morgan fingerprint density at radius 2 is 2.09 bits per heavy atom. The van der Waals surface area contributed by atoms with Crippen molar-refractivity contribution in [2.45, 2.75) is 31.3 Å². The molecule has 2 atom stereocenters. The molecule has 0 radical (unpaired) electrons. The predicted molar refractivity (Wildman–Crippen MR) is 126 cm³/mol. The quantitative estimate of drug-likeness (QED) is 0.486. The highest BCUT2D eigenvalue weighted by molar-refractivity contribution is 7.89. The number of nitrogens with one attached hydrogen (secondary N) is 1. The first-order valence-electron chi connectivity index (χ1n) is 11.0. The van der Waals surface area contributed by atoms with E-state index in [2.05, 4.69) is 14.8 Å². The number of sulfonamides is 1. The highest BCUT2D eigenvalue weighted by atomic mass is 35.5. The van der Waals surface area contributed by atoms with Crippen molar-refractivity contribution in [2.75, 3.05) is 38.6 Å². The zero-order valence-electron chi connectivity index (χ0n) is 18.7. The summed E-state index contributed by atoms with van der Waals surface area (Å²) in [5, 5.41) is 4.06. The van der Waals surface area contributed by atoms with Crippen molar-refractivity contribution >= 4 is 44.8 Å². The Labute approximate surface area is 207 Å². The Bertz CT molecular complexity index is 1130. The lowest BCUT2D eigenvalue weighted by Gasteiger charge is -2.34. The fraction of sp³-hybridized carbons (Fsp3) is 0.600. The van der Waals surface area contributed by atoms with Crippen molar-refractivity contribution in [1.82, 2.24) is 29.3 Å². The number of carbonyl (C=O) groups excluding carboxylic acids is 2. The van der Waals surface area contributed by atoms with Crippen LogP contribution in [0.1, 0.15) is 17.1 Å². The monoisotopic (exact) mass is 530 g/mol. The van der Waals surface area contributed by atoms with Gasteiger partial charge >= 0.3 is 0 Å². The summed E-state index contributed by atoms with van der Waals surface area (Å²) < 4.78 is 35.3. The largest absolute Gasteiger partial charge is 0.378 e. The topological polar surface area (TPSA) is 127 Å². The zero-order valence-corrected chi connectivity index (χ0v) is 21.1. The van der Waals surface area contributed by atoms with Crippen molar-refractivity contribution in [3.63, 3.8) is 0 Å². The van der Waals surface area contributed by atoms with E-state index in [-0.39, 0.29) is 31.0 Å². The van der Waals surface area contributed by atoms with Crippen molar-refractivity contribution in [3.8, 4) is 0 Å². The minimum atomic E-state index is -3.71. The molecule has 0 bridgehead atoms. The van der Waals surface area contributed by atoms with Gasteiger partial charge in [-0.1, -0.05) is 11.6 Å². The minimum Gasteiger partial charge on any atom is -0.378 e. The lowest BCUT2D eigenvalue weighted by atomic mass is 10.1.